The number of nitrogens with one attached hydrogen (secondary N) is 2. The summed E-state index contributed by atoms with van der Waals surface area (Å²) >= 11 is -1.49. The Kier molecular flexibility index (Phi) is 7.17. The number of nitrogens with zero attached hydrogens (tertiary/aromatic N) is 1. The number of alkyl halides is 3. The first-order chi connectivity index (χ1) is 12.0. The molecule has 1 rings (SSSR count). The van der Waals surface area contributed by atoms with Crippen LogP contribution >= 0.6 is 0 Å². The van der Waals surface area contributed by atoms with Gasteiger partial charge in [0.1, 0.15) is 21.9 Å². The molecule has 27 heavy (non-hydrogen) atoms. The summed E-state index contributed by atoms with van der Waals surface area (Å²) in [5.41, 5.74) is -1.80. The number of halogens is 3. The van der Waals surface area contributed by atoms with Gasteiger partial charge in [-0.1, -0.05) is 0 Å². The Hall–Kier alpha value is -1.52. The van der Waals surface area contributed by atoms with E-state index in [0.29, 0.717) is 0 Å². The van der Waals surface area contributed by atoms with Crippen molar-refractivity contribution in [3.8, 4) is 0 Å². The molecule has 0 aromatic carbocycles. The zero-order valence-corrected chi connectivity index (χ0v) is 17.3. The Labute approximate surface area is 160 Å². The molecule has 1 amide bonds. The summed E-state index contributed by atoms with van der Waals surface area (Å²) < 4.78 is 59.0. The molecule has 154 valence electrons. The number of amides is 1. The van der Waals surface area contributed by atoms with E-state index in [4.69, 9.17) is 4.74 Å². The molecule has 0 aliphatic heterocycles. The van der Waals surface area contributed by atoms with Gasteiger partial charge in [0.15, 0.2) is 0 Å². The van der Waals surface area contributed by atoms with Crippen LogP contribution in [0.2, 0.25) is 0 Å². The lowest BCUT2D eigenvalue weighted by atomic mass is 10.1. The molecule has 2 N–H and O–H groups in total. The highest BCUT2D eigenvalue weighted by Crippen LogP contribution is 2.31. The molecule has 0 fully saturated rings. The van der Waals surface area contributed by atoms with Crippen LogP contribution in [0.1, 0.15) is 65.8 Å². The lowest BCUT2D eigenvalue weighted by Gasteiger charge is -2.27. The van der Waals surface area contributed by atoms with Gasteiger partial charge in [0.2, 0.25) is 0 Å². The third-order valence-corrected chi connectivity index (χ3v) is 4.79. The van der Waals surface area contributed by atoms with Crippen molar-refractivity contribution in [2.75, 3.05) is 5.32 Å². The quantitative estimate of drug-likeness (QED) is 0.712. The summed E-state index contributed by atoms with van der Waals surface area (Å²) in [4.78, 5) is 15.3. The summed E-state index contributed by atoms with van der Waals surface area (Å²) in [7, 11) is 0. The molecule has 1 unspecified atom stereocenters. The minimum Gasteiger partial charge on any atom is -0.598 e. The molecule has 1 heterocycles. The topological polar surface area (TPSA) is 86.3 Å². The van der Waals surface area contributed by atoms with Crippen molar-refractivity contribution in [3.05, 3.63) is 23.4 Å². The van der Waals surface area contributed by atoms with Gasteiger partial charge in [-0.2, -0.15) is 13.2 Å². The third kappa shape index (κ3) is 7.94. The molecule has 0 radical (unpaired) electrons. The van der Waals surface area contributed by atoms with Gasteiger partial charge in [-0.05, 0) is 66.2 Å². The fourth-order valence-corrected chi connectivity index (χ4v) is 2.64. The van der Waals surface area contributed by atoms with E-state index in [9.17, 15) is 22.5 Å². The number of hydrogen-bond donors (Lipinski definition) is 2. The maximum Gasteiger partial charge on any atom is 0.433 e. The van der Waals surface area contributed by atoms with Gasteiger partial charge in [0.05, 0.1) is 6.04 Å². The number of pyridine rings is 1. The number of carbonyl (C=O) groups excluding carboxylic acids is 1. The van der Waals surface area contributed by atoms with Crippen molar-refractivity contribution < 1.29 is 27.3 Å². The molecule has 10 heteroatoms. The van der Waals surface area contributed by atoms with E-state index in [-0.39, 0.29) is 11.4 Å². The summed E-state index contributed by atoms with van der Waals surface area (Å²) in [6.45, 7) is 11.7. The average Bonchev–Trinajstić information content (AvgIpc) is 2.42. The first-order valence-electron chi connectivity index (χ1n) is 8.26. The molecule has 0 bridgehead atoms. The largest absolute Gasteiger partial charge is 0.598 e. The van der Waals surface area contributed by atoms with Crippen LogP contribution in [0.25, 0.3) is 0 Å². The highest BCUT2D eigenvalue weighted by molar-refractivity contribution is 7.90. The molecule has 0 spiro atoms. The Morgan fingerprint density at radius 3 is 2.19 bits per heavy atom. The van der Waals surface area contributed by atoms with Crippen LogP contribution in [-0.4, -0.2) is 26.0 Å². The summed E-state index contributed by atoms with van der Waals surface area (Å²) in [6, 6.07) is 1.47. The highest BCUT2D eigenvalue weighted by atomic mass is 32.2. The minimum absolute atomic E-state index is 0.181. The van der Waals surface area contributed by atoms with Gasteiger partial charge in [-0.15, -0.1) is 4.72 Å². The molecule has 6 nitrogen and oxygen atoms in total. The zero-order valence-electron chi connectivity index (χ0n) is 16.4. The smallest absolute Gasteiger partial charge is 0.433 e. The predicted octanol–water partition coefficient (Wildman–Crippen LogP) is 4.56. The molecular formula is C17H26F3N3O3S. The van der Waals surface area contributed by atoms with Gasteiger partial charge in [0, 0.05) is 11.4 Å². The number of hydrogen-bond acceptors (Lipinski definition) is 5. The van der Waals surface area contributed by atoms with Crippen LogP contribution in [-0.2, 0) is 22.3 Å². The fraction of sp³-hybridized carbons (Fsp3) is 0.647. The van der Waals surface area contributed by atoms with Crippen molar-refractivity contribution in [1.82, 2.24) is 9.71 Å². The first-order valence-corrected chi connectivity index (χ1v) is 9.41. The molecule has 0 aliphatic rings. The van der Waals surface area contributed by atoms with Crippen molar-refractivity contribution in [2.24, 2.45) is 0 Å². The van der Waals surface area contributed by atoms with Crippen LogP contribution in [0.3, 0.4) is 0 Å². The Morgan fingerprint density at radius 2 is 1.74 bits per heavy atom. The maximum atomic E-state index is 13.2. The van der Waals surface area contributed by atoms with E-state index in [1.165, 1.54) is 6.07 Å². The monoisotopic (exact) mass is 409 g/mol. The summed E-state index contributed by atoms with van der Waals surface area (Å²) in [5.74, 6) is -0.302. The van der Waals surface area contributed by atoms with Gasteiger partial charge in [0.25, 0.3) is 0 Å². The van der Waals surface area contributed by atoms with Crippen molar-refractivity contribution in [1.29, 1.82) is 0 Å². The first kappa shape index (κ1) is 23.5. The lowest BCUT2D eigenvalue weighted by Crippen LogP contribution is -2.40. The van der Waals surface area contributed by atoms with Crippen molar-refractivity contribution in [3.63, 3.8) is 0 Å². The second kappa shape index (κ2) is 8.24. The molecule has 1 aromatic heterocycles. The number of anilines is 1. The molecular weight excluding hydrogens is 383 g/mol. The maximum absolute atomic E-state index is 13.2. The standard InChI is InChI=1S/C17H26F3N3O3S/c1-10(23-27(25)16(5,6)7)11-8-12(17(18,19)20)21-13(9-11)22-14(24)26-15(2,3)4/h8-10,23H,1-7H3,(H,21,22,24)/t10-,27?/m1/s1. The SMILES string of the molecule is C[C@@H](N[S+]([O-])C(C)(C)C)c1cc(NC(=O)OC(C)(C)C)nc(C(F)(F)F)c1. The Morgan fingerprint density at radius 1 is 1.19 bits per heavy atom. The molecule has 0 aliphatic carbocycles. The Bertz CT molecular complexity index is 670. The van der Waals surface area contributed by atoms with Crippen LogP contribution < -0.4 is 10.0 Å². The minimum atomic E-state index is -4.71. The normalized spacial score (nSPS) is 15.2. The van der Waals surface area contributed by atoms with E-state index in [1.54, 1.807) is 48.5 Å². The van der Waals surface area contributed by atoms with E-state index in [0.717, 1.165) is 6.07 Å². The second-order valence-electron chi connectivity index (χ2n) is 8.02. The number of carbonyl (C=O) groups is 1. The third-order valence-electron chi connectivity index (χ3n) is 3.11. The lowest BCUT2D eigenvalue weighted by molar-refractivity contribution is -0.141. The molecule has 0 saturated carbocycles. The van der Waals surface area contributed by atoms with Gasteiger partial charge in [-0.25, -0.2) is 9.78 Å². The highest BCUT2D eigenvalue weighted by Gasteiger charge is 2.35. The van der Waals surface area contributed by atoms with Crippen molar-refractivity contribution >= 4 is 23.3 Å². The van der Waals surface area contributed by atoms with Gasteiger partial charge < -0.3 is 9.29 Å². The fourth-order valence-electron chi connectivity index (χ4n) is 1.82. The van der Waals surface area contributed by atoms with Crippen LogP contribution in [0, 0.1) is 0 Å². The molecule has 1 aromatic rings. The van der Waals surface area contributed by atoms with E-state index in [2.05, 4.69) is 15.0 Å². The van der Waals surface area contributed by atoms with Crippen molar-refractivity contribution in [2.45, 2.75) is 71.0 Å². The molecule has 2 atom stereocenters. The van der Waals surface area contributed by atoms with Crippen LogP contribution in [0.4, 0.5) is 23.8 Å². The van der Waals surface area contributed by atoms with Crippen LogP contribution in [0.15, 0.2) is 12.1 Å². The average molecular weight is 409 g/mol. The number of aromatic nitrogens is 1. The second-order valence-corrected chi connectivity index (χ2v) is 10.0. The summed E-state index contributed by atoms with van der Waals surface area (Å²) in [5, 5.41) is 2.21. The zero-order chi connectivity index (χ0) is 21.2. The van der Waals surface area contributed by atoms with E-state index >= 15 is 0 Å². The van der Waals surface area contributed by atoms with Crippen LogP contribution in [0.5, 0.6) is 0 Å². The van der Waals surface area contributed by atoms with E-state index < -0.39 is 45.7 Å². The number of ether oxygens (including phenoxy) is 1. The van der Waals surface area contributed by atoms with Gasteiger partial charge >= 0.3 is 12.3 Å². The van der Waals surface area contributed by atoms with E-state index in [1.807, 2.05) is 0 Å². The Balaban J connectivity index is 3.15. The summed E-state index contributed by atoms with van der Waals surface area (Å²) in [6.07, 6.45) is -5.62. The number of rotatable bonds is 4. The molecule has 0 saturated heterocycles. The predicted molar refractivity (Wildman–Crippen MR) is 98.5 cm³/mol. The van der Waals surface area contributed by atoms with Gasteiger partial charge in [-0.3, -0.25) is 5.32 Å².